The van der Waals surface area contributed by atoms with E-state index in [9.17, 15) is 0 Å². The quantitative estimate of drug-likeness (QED) is 0.595. The van der Waals surface area contributed by atoms with Crippen molar-refractivity contribution in [3.05, 3.63) is 11.3 Å². The van der Waals surface area contributed by atoms with Crippen LogP contribution in [0.4, 0.5) is 0 Å². The van der Waals surface area contributed by atoms with E-state index in [2.05, 4.69) is 19.6 Å². The molecule has 0 N–H and O–H groups in total. The van der Waals surface area contributed by atoms with Crippen LogP contribution in [0.3, 0.4) is 0 Å². The van der Waals surface area contributed by atoms with Crippen LogP contribution in [-0.2, 0) is 4.43 Å². The molecule has 0 aliphatic heterocycles. The van der Waals surface area contributed by atoms with Gasteiger partial charge in [-0.2, -0.15) is 0 Å². The van der Waals surface area contributed by atoms with E-state index in [0.29, 0.717) is 0 Å². The smallest absolute Gasteiger partial charge is 0.241 e. The summed E-state index contributed by atoms with van der Waals surface area (Å²) >= 11 is 0. The number of fused-ring (bicyclic) bond motifs is 2. The topological polar surface area (TPSA) is 9.23 Å². The zero-order valence-corrected chi connectivity index (χ0v) is 9.31. The third kappa shape index (κ3) is 1.58. The molecule has 1 atom stereocenters. The fourth-order valence-corrected chi connectivity index (χ4v) is 3.22. The summed E-state index contributed by atoms with van der Waals surface area (Å²) in [5, 5.41) is 0. The molecule has 0 spiro atoms. The standard InChI is InChI=1S/C10H18OSi/c1-12(2,3)11-10-7-8-4-5-9(10)6-8/h8H,4-7H2,1-3H3. The molecular formula is C10H18OSi. The normalized spacial score (nSPS) is 28.4. The summed E-state index contributed by atoms with van der Waals surface area (Å²) in [4.78, 5) is 0. The van der Waals surface area contributed by atoms with Gasteiger partial charge in [0, 0.05) is 6.42 Å². The molecule has 0 radical (unpaired) electrons. The van der Waals surface area contributed by atoms with E-state index < -0.39 is 8.32 Å². The lowest BCUT2D eigenvalue weighted by atomic mass is 10.1. The van der Waals surface area contributed by atoms with E-state index in [1.165, 1.54) is 31.4 Å². The van der Waals surface area contributed by atoms with Crippen molar-refractivity contribution in [2.24, 2.45) is 5.92 Å². The van der Waals surface area contributed by atoms with Gasteiger partial charge in [-0.1, -0.05) is 0 Å². The molecule has 2 rings (SSSR count). The van der Waals surface area contributed by atoms with Gasteiger partial charge in [-0.05, 0) is 50.4 Å². The summed E-state index contributed by atoms with van der Waals surface area (Å²) < 4.78 is 6.05. The van der Waals surface area contributed by atoms with Crippen molar-refractivity contribution in [1.29, 1.82) is 0 Å². The Hall–Kier alpha value is -0.243. The van der Waals surface area contributed by atoms with Crippen molar-refractivity contribution >= 4 is 8.32 Å². The van der Waals surface area contributed by atoms with Crippen LogP contribution >= 0.6 is 0 Å². The van der Waals surface area contributed by atoms with Crippen molar-refractivity contribution in [1.82, 2.24) is 0 Å². The SMILES string of the molecule is C[Si](C)(C)OC1=C2CCC(C2)C1. The van der Waals surface area contributed by atoms with Gasteiger partial charge < -0.3 is 4.43 Å². The van der Waals surface area contributed by atoms with Crippen molar-refractivity contribution in [3.63, 3.8) is 0 Å². The second-order valence-corrected chi connectivity index (χ2v) is 9.48. The first-order chi connectivity index (χ1) is 5.54. The summed E-state index contributed by atoms with van der Waals surface area (Å²) in [5.41, 5.74) is 1.64. The lowest BCUT2D eigenvalue weighted by Gasteiger charge is -2.23. The second-order valence-electron chi connectivity index (χ2n) is 5.05. The van der Waals surface area contributed by atoms with Crippen LogP contribution in [-0.4, -0.2) is 8.32 Å². The van der Waals surface area contributed by atoms with Crippen molar-refractivity contribution in [2.75, 3.05) is 0 Å². The predicted octanol–water partition coefficient (Wildman–Crippen LogP) is 3.30. The number of hydrogen-bond acceptors (Lipinski definition) is 1. The summed E-state index contributed by atoms with van der Waals surface area (Å²) in [7, 11) is -1.32. The molecule has 2 aliphatic carbocycles. The molecule has 0 aromatic carbocycles. The second kappa shape index (κ2) is 2.62. The molecule has 1 unspecified atom stereocenters. The van der Waals surface area contributed by atoms with Crippen molar-refractivity contribution in [3.8, 4) is 0 Å². The summed E-state index contributed by atoms with van der Waals surface area (Å²) in [6.07, 6.45) is 5.35. The average molecular weight is 182 g/mol. The molecular weight excluding hydrogens is 164 g/mol. The van der Waals surface area contributed by atoms with E-state index in [4.69, 9.17) is 4.43 Å². The first-order valence-corrected chi connectivity index (χ1v) is 8.35. The van der Waals surface area contributed by atoms with E-state index in [1.807, 2.05) is 0 Å². The average Bonchev–Trinajstić information content (AvgIpc) is 2.42. The molecule has 68 valence electrons. The van der Waals surface area contributed by atoms with Gasteiger partial charge in [-0.25, -0.2) is 0 Å². The maximum absolute atomic E-state index is 6.05. The summed E-state index contributed by atoms with van der Waals surface area (Å²) in [5.74, 6) is 2.33. The zero-order chi connectivity index (χ0) is 8.77. The fraction of sp³-hybridized carbons (Fsp3) is 0.800. The molecule has 2 heteroatoms. The van der Waals surface area contributed by atoms with Gasteiger partial charge in [-0.3, -0.25) is 0 Å². The first kappa shape index (κ1) is 8.36. The Bertz CT molecular complexity index is 224. The van der Waals surface area contributed by atoms with Crippen LogP contribution in [0.5, 0.6) is 0 Å². The number of hydrogen-bond donors (Lipinski definition) is 0. The highest BCUT2D eigenvalue weighted by Crippen LogP contribution is 2.45. The summed E-state index contributed by atoms with van der Waals surface area (Å²) in [6.45, 7) is 6.81. The molecule has 1 nitrogen and oxygen atoms in total. The number of allylic oxidation sites excluding steroid dienone is 2. The van der Waals surface area contributed by atoms with Gasteiger partial charge in [0.05, 0.1) is 5.76 Å². The van der Waals surface area contributed by atoms with Crippen LogP contribution in [0.15, 0.2) is 11.3 Å². The molecule has 12 heavy (non-hydrogen) atoms. The third-order valence-electron chi connectivity index (χ3n) is 2.69. The van der Waals surface area contributed by atoms with Gasteiger partial charge in [0.15, 0.2) is 0 Å². The zero-order valence-electron chi connectivity index (χ0n) is 8.31. The molecule has 0 saturated heterocycles. The van der Waals surface area contributed by atoms with Crippen LogP contribution in [0.25, 0.3) is 0 Å². The third-order valence-corrected chi connectivity index (χ3v) is 3.55. The van der Waals surface area contributed by atoms with Gasteiger partial charge in [0.1, 0.15) is 0 Å². The minimum atomic E-state index is -1.32. The first-order valence-electron chi connectivity index (χ1n) is 4.94. The Morgan fingerprint density at radius 3 is 2.42 bits per heavy atom. The highest BCUT2D eigenvalue weighted by atomic mass is 28.4. The Kier molecular flexibility index (Phi) is 1.83. The molecule has 0 aromatic heterocycles. The molecule has 0 aromatic rings. The van der Waals surface area contributed by atoms with Crippen LogP contribution in [0.2, 0.25) is 19.6 Å². The van der Waals surface area contributed by atoms with Crippen molar-refractivity contribution < 1.29 is 4.43 Å². The number of rotatable bonds is 2. The van der Waals surface area contributed by atoms with Gasteiger partial charge in [0.2, 0.25) is 8.32 Å². The van der Waals surface area contributed by atoms with Gasteiger partial charge >= 0.3 is 0 Å². The van der Waals surface area contributed by atoms with Crippen LogP contribution in [0.1, 0.15) is 25.7 Å². The maximum Gasteiger partial charge on any atom is 0.241 e. The van der Waals surface area contributed by atoms with Crippen LogP contribution in [0, 0.1) is 5.92 Å². The lowest BCUT2D eigenvalue weighted by Crippen LogP contribution is -2.25. The minimum Gasteiger partial charge on any atom is -0.547 e. The molecule has 2 bridgehead atoms. The predicted molar refractivity (Wildman–Crippen MR) is 53.4 cm³/mol. The van der Waals surface area contributed by atoms with E-state index in [-0.39, 0.29) is 0 Å². The largest absolute Gasteiger partial charge is 0.547 e. The fourth-order valence-electron chi connectivity index (χ4n) is 2.25. The van der Waals surface area contributed by atoms with E-state index in [0.717, 1.165) is 5.92 Å². The maximum atomic E-state index is 6.05. The molecule has 2 aliphatic rings. The molecule has 1 saturated carbocycles. The minimum absolute atomic E-state index is 0.950. The van der Waals surface area contributed by atoms with Gasteiger partial charge in [-0.15, -0.1) is 0 Å². The van der Waals surface area contributed by atoms with Crippen LogP contribution < -0.4 is 0 Å². The highest BCUT2D eigenvalue weighted by Gasteiger charge is 2.33. The molecule has 0 amide bonds. The monoisotopic (exact) mass is 182 g/mol. The summed E-state index contributed by atoms with van der Waals surface area (Å²) in [6, 6.07) is 0. The van der Waals surface area contributed by atoms with Gasteiger partial charge in [0.25, 0.3) is 0 Å². The Balaban J connectivity index is 2.06. The van der Waals surface area contributed by atoms with E-state index >= 15 is 0 Å². The Morgan fingerprint density at radius 2 is 2.00 bits per heavy atom. The Morgan fingerprint density at radius 1 is 1.25 bits per heavy atom. The lowest BCUT2D eigenvalue weighted by molar-refractivity contribution is 0.369. The van der Waals surface area contributed by atoms with Crippen molar-refractivity contribution in [2.45, 2.75) is 45.3 Å². The molecule has 0 heterocycles. The highest BCUT2D eigenvalue weighted by molar-refractivity contribution is 6.70. The molecule has 1 fully saturated rings. The van der Waals surface area contributed by atoms with E-state index in [1.54, 1.807) is 5.57 Å². The Labute approximate surface area is 75.9 Å².